The van der Waals surface area contributed by atoms with Gasteiger partial charge in [-0.2, -0.15) is 0 Å². The minimum Gasteiger partial charge on any atom is -0.436 e. The number of pyridine rings is 1. The van der Waals surface area contributed by atoms with Gasteiger partial charge in [-0.05, 0) is 42.0 Å². The molecule has 0 saturated carbocycles. The highest BCUT2D eigenvalue weighted by molar-refractivity contribution is 7.89. The number of oxazole rings is 1. The second-order valence-corrected chi connectivity index (χ2v) is 11.0. The molecule has 0 radical (unpaired) electrons. The van der Waals surface area contributed by atoms with Gasteiger partial charge in [-0.25, -0.2) is 18.5 Å². The number of hydrogen-bond donors (Lipinski definition) is 1. The lowest BCUT2D eigenvalue weighted by atomic mass is 9.86. The summed E-state index contributed by atoms with van der Waals surface area (Å²) in [6, 6.07) is 17.9. The molecule has 5 rings (SSSR count). The lowest BCUT2D eigenvalue weighted by Crippen LogP contribution is -2.35. The number of nitrogens with two attached hydrogens (primary N) is 1. The zero-order valence-electron chi connectivity index (χ0n) is 22.2. The Hall–Kier alpha value is -3.67. The molecule has 2 aromatic heterocycles. The maximum absolute atomic E-state index is 11.7. The summed E-state index contributed by atoms with van der Waals surface area (Å²) in [5.74, 6) is 0.925. The monoisotopic (exact) mass is 561 g/mol. The van der Waals surface area contributed by atoms with Gasteiger partial charge in [-0.1, -0.05) is 36.4 Å². The normalized spacial score (nSPS) is 15.4. The number of sulfonamides is 1. The Kier molecular flexibility index (Phi) is 8.53. The summed E-state index contributed by atoms with van der Waals surface area (Å²) in [4.78, 5) is 9.11. The van der Waals surface area contributed by atoms with E-state index in [1.807, 2.05) is 42.6 Å². The van der Waals surface area contributed by atoms with E-state index < -0.39 is 10.0 Å². The van der Waals surface area contributed by atoms with Crippen molar-refractivity contribution in [3.8, 4) is 22.6 Å². The van der Waals surface area contributed by atoms with Crippen LogP contribution in [0.5, 0.6) is 0 Å². The first-order valence-electron chi connectivity index (χ1n) is 12.9. The summed E-state index contributed by atoms with van der Waals surface area (Å²) in [5.41, 5.74) is 3.82. The molecule has 1 saturated heterocycles. The van der Waals surface area contributed by atoms with Crippen LogP contribution < -0.4 is 5.14 Å². The van der Waals surface area contributed by atoms with E-state index in [1.165, 1.54) is 12.1 Å². The summed E-state index contributed by atoms with van der Waals surface area (Å²) in [7, 11) is -2.06. The van der Waals surface area contributed by atoms with Gasteiger partial charge in [0.2, 0.25) is 15.9 Å². The molecule has 3 heterocycles. The Bertz CT molecular complexity index is 1560. The Morgan fingerprint density at radius 1 is 1.02 bits per heavy atom. The van der Waals surface area contributed by atoms with Gasteiger partial charge in [0.1, 0.15) is 5.69 Å². The topological polar surface area (TPSA) is 127 Å². The van der Waals surface area contributed by atoms with Crippen LogP contribution in [0.4, 0.5) is 0 Å². The van der Waals surface area contributed by atoms with Crippen LogP contribution in [0.3, 0.4) is 0 Å². The lowest BCUT2D eigenvalue weighted by molar-refractivity contribution is -0.0950. The highest BCUT2D eigenvalue weighted by atomic mass is 32.2. The minimum absolute atomic E-state index is 0.0279. The zero-order valence-corrected chi connectivity index (χ0v) is 23.0. The Labute approximate surface area is 233 Å². The van der Waals surface area contributed by atoms with Crippen LogP contribution in [0.1, 0.15) is 29.9 Å². The van der Waals surface area contributed by atoms with Crippen molar-refractivity contribution in [3.63, 3.8) is 0 Å². The maximum atomic E-state index is 11.7. The van der Waals surface area contributed by atoms with Crippen molar-refractivity contribution in [2.45, 2.75) is 29.9 Å². The third kappa shape index (κ3) is 6.38. The smallest absolute Gasteiger partial charge is 0.238 e. The molecular formula is C30H31N3O6S. The molecule has 40 heavy (non-hydrogen) atoms. The van der Waals surface area contributed by atoms with Gasteiger partial charge >= 0.3 is 0 Å². The van der Waals surface area contributed by atoms with Crippen molar-refractivity contribution in [3.05, 3.63) is 96.2 Å². The van der Waals surface area contributed by atoms with E-state index in [0.29, 0.717) is 49.3 Å². The number of hydrogen-bond acceptors (Lipinski definition) is 8. The van der Waals surface area contributed by atoms with Crippen LogP contribution in [0.2, 0.25) is 0 Å². The summed E-state index contributed by atoms with van der Waals surface area (Å²) >= 11 is 0. The summed E-state index contributed by atoms with van der Waals surface area (Å²) in [6.07, 6.45) is 8.82. The molecule has 10 heteroatoms. The number of methoxy groups -OCH3 is 1. The number of primary sulfonamides is 1. The number of ether oxygens (including phenoxy) is 3. The van der Waals surface area contributed by atoms with Crippen molar-refractivity contribution >= 4 is 16.1 Å². The Morgan fingerprint density at radius 2 is 1.77 bits per heavy atom. The van der Waals surface area contributed by atoms with E-state index in [1.54, 1.807) is 31.5 Å². The number of nitrogens with zero attached hydrogens (tertiary/aromatic N) is 2. The van der Waals surface area contributed by atoms with Gasteiger partial charge in [0.15, 0.2) is 5.76 Å². The molecule has 0 spiro atoms. The molecular weight excluding hydrogens is 530 g/mol. The largest absolute Gasteiger partial charge is 0.436 e. The minimum atomic E-state index is -3.80. The molecule has 4 aromatic rings. The van der Waals surface area contributed by atoms with Crippen molar-refractivity contribution in [2.75, 3.05) is 26.9 Å². The third-order valence-corrected chi connectivity index (χ3v) is 7.82. The van der Waals surface area contributed by atoms with Crippen LogP contribution >= 0.6 is 0 Å². The zero-order chi connectivity index (χ0) is 28.0. The van der Waals surface area contributed by atoms with Gasteiger partial charge in [0.05, 0.1) is 23.7 Å². The van der Waals surface area contributed by atoms with Gasteiger partial charge in [-0.3, -0.25) is 4.98 Å². The fourth-order valence-electron chi connectivity index (χ4n) is 4.71. The molecule has 208 valence electrons. The fraction of sp³-hybridized carbons (Fsp3) is 0.267. The second-order valence-electron chi connectivity index (χ2n) is 9.48. The molecule has 2 N–H and O–H groups in total. The van der Waals surface area contributed by atoms with E-state index in [4.69, 9.17) is 23.8 Å². The Balaban J connectivity index is 1.28. The highest BCUT2D eigenvalue weighted by Crippen LogP contribution is 2.36. The van der Waals surface area contributed by atoms with Gasteiger partial charge in [0, 0.05) is 62.2 Å². The Morgan fingerprint density at radius 3 is 2.48 bits per heavy atom. The lowest BCUT2D eigenvalue weighted by Gasteiger charge is -2.36. The van der Waals surface area contributed by atoms with Crippen LogP contribution in [0.15, 0.2) is 88.4 Å². The summed E-state index contributed by atoms with van der Waals surface area (Å²) in [6.45, 7) is 2.06. The molecule has 0 unspecified atom stereocenters. The summed E-state index contributed by atoms with van der Waals surface area (Å²) < 4.78 is 46.7. The van der Waals surface area contributed by atoms with Crippen molar-refractivity contribution < 1.29 is 27.0 Å². The van der Waals surface area contributed by atoms with Crippen molar-refractivity contribution in [1.82, 2.24) is 9.97 Å². The van der Waals surface area contributed by atoms with Crippen LogP contribution in [-0.4, -0.2) is 45.3 Å². The molecule has 1 aliphatic rings. The van der Waals surface area contributed by atoms with Gasteiger partial charge < -0.3 is 18.6 Å². The average molecular weight is 562 g/mol. The number of aromatic nitrogens is 2. The third-order valence-electron chi connectivity index (χ3n) is 6.89. The summed E-state index contributed by atoms with van der Waals surface area (Å²) in [5, 5.41) is 5.24. The van der Waals surface area contributed by atoms with Crippen LogP contribution in [0.25, 0.3) is 28.7 Å². The molecule has 1 fully saturated rings. The highest BCUT2D eigenvalue weighted by Gasteiger charge is 2.34. The molecule has 0 bridgehead atoms. The predicted molar refractivity (Wildman–Crippen MR) is 150 cm³/mol. The second kappa shape index (κ2) is 12.2. The first-order valence-corrected chi connectivity index (χ1v) is 14.4. The standard InChI is InChI=1S/C30H31N3O6S/c1-36-30(13-16-37-17-14-30)25-18-22(19-32-20-25)21-38-15-5-8-27-33-28(23-6-3-2-4-7-23)29(39-27)24-9-11-26(12-10-24)40(31,34)35/h2-12,18-20H,13-17,21H2,1H3,(H2,31,34,35)/b8-5+. The van der Waals surface area contributed by atoms with Gasteiger partial charge in [-0.15, -0.1) is 0 Å². The van der Waals surface area contributed by atoms with E-state index in [0.717, 1.165) is 29.5 Å². The number of benzene rings is 2. The molecule has 0 atom stereocenters. The van der Waals surface area contributed by atoms with Crippen LogP contribution in [-0.2, 0) is 36.4 Å². The van der Waals surface area contributed by atoms with Gasteiger partial charge in [0.25, 0.3) is 0 Å². The first-order chi connectivity index (χ1) is 19.4. The maximum Gasteiger partial charge on any atom is 0.238 e. The number of rotatable bonds is 10. The predicted octanol–water partition coefficient (Wildman–Crippen LogP) is 4.93. The van der Waals surface area contributed by atoms with E-state index >= 15 is 0 Å². The first kappa shape index (κ1) is 27.9. The fourth-order valence-corrected chi connectivity index (χ4v) is 5.23. The van der Waals surface area contributed by atoms with Crippen molar-refractivity contribution in [1.29, 1.82) is 0 Å². The molecule has 0 aliphatic carbocycles. The molecule has 9 nitrogen and oxygen atoms in total. The molecule has 0 amide bonds. The average Bonchev–Trinajstić information content (AvgIpc) is 3.42. The van der Waals surface area contributed by atoms with E-state index in [-0.39, 0.29) is 10.5 Å². The van der Waals surface area contributed by atoms with Crippen LogP contribution in [0, 0.1) is 0 Å². The quantitative estimate of drug-likeness (QED) is 0.270. The molecule has 2 aromatic carbocycles. The van der Waals surface area contributed by atoms with Crippen molar-refractivity contribution in [2.24, 2.45) is 5.14 Å². The van der Waals surface area contributed by atoms with E-state index in [2.05, 4.69) is 16.0 Å². The SMILES string of the molecule is COC1(c2cncc(COC/C=C/c3nc(-c4ccccc4)c(-c4ccc(S(N)(=O)=O)cc4)o3)c2)CCOCC1. The molecule has 1 aliphatic heterocycles. The van der Waals surface area contributed by atoms with E-state index in [9.17, 15) is 8.42 Å².